The summed E-state index contributed by atoms with van der Waals surface area (Å²) in [7, 11) is 3.92. The largest absolute Gasteiger partial charge is 0.462 e. The number of fused-ring (bicyclic) bond motifs is 2. The van der Waals surface area contributed by atoms with Gasteiger partial charge in [-0.05, 0) is 57.3 Å². The van der Waals surface area contributed by atoms with Crippen molar-refractivity contribution in [3.8, 4) is 29.6 Å². The summed E-state index contributed by atoms with van der Waals surface area (Å²) in [5, 5.41) is 1.46. The number of likely N-dealkylation sites (tertiary alicyclic amines) is 2. The highest BCUT2D eigenvalue weighted by Gasteiger charge is 2.37. The molecule has 2 fully saturated rings. The molecule has 4 heterocycles. The van der Waals surface area contributed by atoms with Crippen LogP contribution in [-0.2, 0) is 4.79 Å². The van der Waals surface area contributed by atoms with Gasteiger partial charge in [-0.3, -0.25) is 9.78 Å². The quantitative estimate of drug-likeness (QED) is 0.215. The Bertz CT molecular complexity index is 1820. The van der Waals surface area contributed by atoms with Crippen LogP contribution in [0.1, 0.15) is 31.7 Å². The fraction of sp³-hybridized carbons (Fsp3) is 0.353. The molecule has 4 aromatic rings. The van der Waals surface area contributed by atoms with Crippen LogP contribution in [0.25, 0.3) is 32.9 Å². The smallest absolute Gasteiger partial charge is 0.319 e. The third kappa shape index (κ3) is 5.01. The number of likely N-dealkylation sites (N-methyl/N-ethyl adjacent to an activating group) is 2. The second kappa shape index (κ2) is 11.8. The molecule has 0 spiro atoms. The van der Waals surface area contributed by atoms with Crippen LogP contribution >= 0.6 is 0 Å². The number of ether oxygens (including phenoxy) is 1. The molecule has 2 aromatic heterocycles. The van der Waals surface area contributed by atoms with Gasteiger partial charge in [-0.15, -0.1) is 6.42 Å². The van der Waals surface area contributed by atoms with Gasteiger partial charge in [0.05, 0.1) is 17.0 Å². The van der Waals surface area contributed by atoms with E-state index in [0.29, 0.717) is 47.1 Å². The van der Waals surface area contributed by atoms with Gasteiger partial charge in [-0.1, -0.05) is 36.8 Å². The zero-order valence-corrected chi connectivity index (χ0v) is 25.1. The number of terminal acetylenes is 1. The predicted molar refractivity (Wildman–Crippen MR) is 167 cm³/mol. The first kappa shape index (κ1) is 29.5. The van der Waals surface area contributed by atoms with Crippen LogP contribution in [0.3, 0.4) is 0 Å². The van der Waals surface area contributed by atoms with E-state index in [1.807, 2.05) is 25.9 Å². The number of rotatable bonds is 7. The van der Waals surface area contributed by atoms with E-state index < -0.39 is 11.6 Å². The Morgan fingerprint density at radius 3 is 2.77 bits per heavy atom. The molecule has 0 N–H and O–H groups in total. The number of nitrogens with zero attached hydrogens (tertiary/aromatic N) is 6. The van der Waals surface area contributed by atoms with E-state index in [1.165, 1.54) is 18.3 Å². The normalized spacial score (nSPS) is 20.3. The number of halogens is 2. The van der Waals surface area contributed by atoms with Gasteiger partial charge in [-0.25, -0.2) is 8.78 Å². The fourth-order valence-corrected chi connectivity index (χ4v) is 6.62. The zero-order valence-electron chi connectivity index (χ0n) is 25.1. The molecule has 3 atom stereocenters. The molecule has 1 amide bonds. The third-order valence-electron chi connectivity index (χ3n) is 9.12. The van der Waals surface area contributed by atoms with Gasteiger partial charge in [0.1, 0.15) is 29.5 Å². The van der Waals surface area contributed by atoms with E-state index in [9.17, 15) is 9.18 Å². The van der Waals surface area contributed by atoms with Crippen LogP contribution in [-0.4, -0.2) is 82.6 Å². The molecule has 226 valence electrons. The Balaban J connectivity index is 1.49. The molecule has 0 radical (unpaired) electrons. The van der Waals surface area contributed by atoms with Gasteiger partial charge in [0.25, 0.3) is 0 Å². The molecule has 44 heavy (non-hydrogen) atoms. The van der Waals surface area contributed by atoms with Crippen molar-refractivity contribution in [1.29, 1.82) is 0 Å². The molecule has 2 aromatic carbocycles. The fourth-order valence-electron chi connectivity index (χ4n) is 6.62. The SMILES string of the molecule is C#Cc1c(F)ccc2cccc(-c3ncc4c(N(C)C5CCN(C(=O)C=C)C5C)nc(OCC5CCCN5C)nc4c3F)c12. The minimum absolute atomic E-state index is 0.00373. The van der Waals surface area contributed by atoms with Crippen LogP contribution < -0.4 is 9.64 Å². The average molecular weight is 597 g/mol. The lowest BCUT2D eigenvalue weighted by atomic mass is 9.96. The molecule has 2 saturated heterocycles. The molecular formula is C34H34F2N6O2. The van der Waals surface area contributed by atoms with Gasteiger partial charge < -0.3 is 19.4 Å². The van der Waals surface area contributed by atoms with Crippen molar-refractivity contribution in [2.45, 2.75) is 44.3 Å². The number of benzene rings is 2. The summed E-state index contributed by atoms with van der Waals surface area (Å²) in [5.41, 5.74) is 0.430. The Morgan fingerprint density at radius 2 is 2.05 bits per heavy atom. The molecule has 2 aliphatic heterocycles. The maximum Gasteiger partial charge on any atom is 0.319 e. The van der Waals surface area contributed by atoms with E-state index in [4.69, 9.17) is 16.1 Å². The van der Waals surface area contributed by atoms with Gasteiger partial charge >= 0.3 is 6.01 Å². The summed E-state index contributed by atoms with van der Waals surface area (Å²) in [4.78, 5) is 32.2. The highest BCUT2D eigenvalue weighted by molar-refractivity contribution is 6.02. The number of amides is 1. The van der Waals surface area contributed by atoms with Gasteiger partial charge in [0, 0.05) is 42.8 Å². The lowest BCUT2D eigenvalue weighted by Crippen LogP contribution is -2.43. The lowest BCUT2D eigenvalue weighted by molar-refractivity contribution is -0.126. The first-order valence-corrected chi connectivity index (χ1v) is 14.8. The molecule has 8 nitrogen and oxygen atoms in total. The van der Waals surface area contributed by atoms with Crippen molar-refractivity contribution in [2.24, 2.45) is 0 Å². The van der Waals surface area contributed by atoms with E-state index in [1.54, 1.807) is 29.2 Å². The first-order chi connectivity index (χ1) is 21.2. The summed E-state index contributed by atoms with van der Waals surface area (Å²) in [6, 6.07) is 8.14. The minimum atomic E-state index is -0.690. The molecule has 0 saturated carbocycles. The monoisotopic (exact) mass is 596 g/mol. The Labute approximate surface area is 255 Å². The van der Waals surface area contributed by atoms with Crippen molar-refractivity contribution in [3.63, 3.8) is 0 Å². The molecule has 3 unspecified atom stereocenters. The van der Waals surface area contributed by atoms with E-state index in [0.717, 1.165) is 19.4 Å². The number of pyridine rings is 1. The molecular weight excluding hydrogens is 562 g/mol. The maximum atomic E-state index is 16.7. The third-order valence-corrected chi connectivity index (χ3v) is 9.12. The summed E-state index contributed by atoms with van der Waals surface area (Å²) in [5.74, 6) is 1.47. The topological polar surface area (TPSA) is 74.7 Å². The molecule has 0 bridgehead atoms. The minimum Gasteiger partial charge on any atom is -0.462 e. The van der Waals surface area contributed by atoms with Crippen LogP contribution in [0.4, 0.5) is 14.6 Å². The maximum absolute atomic E-state index is 16.7. The first-order valence-electron chi connectivity index (χ1n) is 14.8. The lowest BCUT2D eigenvalue weighted by Gasteiger charge is -2.32. The van der Waals surface area contributed by atoms with Crippen molar-refractivity contribution in [1.82, 2.24) is 24.8 Å². The Kier molecular flexibility index (Phi) is 7.91. The molecule has 6 rings (SSSR count). The van der Waals surface area contributed by atoms with E-state index in [-0.39, 0.29) is 46.8 Å². The number of aromatic nitrogens is 3. The number of carbonyl (C=O) groups excluding carboxylic acids is 1. The number of hydrogen-bond donors (Lipinski definition) is 0. The highest BCUT2D eigenvalue weighted by Crippen LogP contribution is 2.37. The Hall–Kier alpha value is -4.62. The van der Waals surface area contributed by atoms with Crippen LogP contribution in [0, 0.1) is 24.0 Å². The molecule has 10 heteroatoms. The second-order valence-corrected chi connectivity index (χ2v) is 11.5. The standard InChI is InChI=1S/C34H34F2N6O2/c1-6-23-26(35)14-13-21-10-8-12-24(29(21)23)31-30(36)32-25(18-37-31)33(39-34(38-32)44-19-22-11-9-16-40(22)4)41(5)27-15-17-42(20(27)3)28(43)7-2/h1,7-8,10,12-14,18,20,22,27H,2,9,11,15-17,19H2,3-5H3. The predicted octanol–water partition coefficient (Wildman–Crippen LogP) is 5.19. The van der Waals surface area contributed by atoms with Gasteiger partial charge in [-0.2, -0.15) is 9.97 Å². The van der Waals surface area contributed by atoms with E-state index >= 15 is 4.39 Å². The van der Waals surface area contributed by atoms with Crippen LogP contribution in [0.15, 0.2) is 49.2 Å². The number of carbonyl (C=O) groups is 1. The van der Waals surface area contributed by atoms with Crippen molar-refractivity contribution < 1.29 is 18.3 Å². The Morgan fingerprint density at radius 1 is 1.23 bits per heavy atom. The summed E-state index contributed by atoms with van der Waals surface area (Å²) >= 11 is 0. The average Bonchev–Trinajstić information content (AvgIpc) is 3.63. The van der Waals surface area contributed by atoms with Gasteiger partial charge in [0.15, 0.2) is 5.82 Å². The molecule has 0 aliphatic carbocycles. The van der Waals surface area contributed by atoms with Crippen LogP contribution in [0.2, 0.25) is 0 Å². The van der Waals surface area contributed by atoms with Crippen molar-refractivity contribution >= 4 is 33.4 Å². The number of hydrogen-bond acceptors (Lipinski definition) is 7. The van der Waals surface area contributed by atoms with Gasteiger partial charge in [0.2, 0.25) is 5.91 Å². The zero-order chi connectivity index (χ0) is 31.1. The second-order valence-electron chi connectivity index (χ2n) is 11.5. The summed E-state index contributed by atoms with van der Waals surface area (Å²) in [6.45, 7) is 7.51. The summed E-state index contributed by atoms with van der Waals surface area (Å²) in [6.07, 6.45) is 11.3. The van der Waals surface area contributed by atoms with Crippen molar-refractivity contribution in [3.05, 3.63) is 66.4 Å². The number of anilines is 1. The van der Waals surface area contributed by atoms with E-state index in [2.05, 4.69) is 27.4 Å². The molecule has 2 aliphatic rings. The highest BCUT2D eigenvalue weighted by atomic mass is 19.1. The van der Waals surface area contributed by atoms with Crippen LogP contribution in [0.5, 0.6) is 6.01 Å². The van der Waals surface area contributed by atoms with Crippen molar-refractivity contribution in [2.75, 3.05) is 38.7 Å². The summed E-state index contributed by atoms with van der Waals surface area (Å²) < 4.78 is 37.5.